The molecule has 6 nitrogen and oxygen atoms in total. The molecule has 0 saturated carbocycles. The van der Waals surface area contributed by atoms with Gasteiger partial charge in [0.25, 0.3) is 0 Å². The molecule has 0 aromatic heterocycles. The van der Waals surface area contributed by atoms with Gasteiger partial charge in [-0.05, 0) is 37.3 Å². The first-order valence-corrected chi connectivity index (χ1v) is 8.19. The van der Waals surface area contributed by atoms with Crippen molar-refractivity contribution in [3.8, 4) is 11.5 Å². The summed E-state index contributed by atoms with van der Waals surface area (Å²) >= 11 is 0. The zero-order valence-electron chi connectivity index (χ0n) is 14.0. The van der Waals surface area contributed by atoms with Crippen LogP contribution in [-0.4, -0.2) is 31.6 Å². The molecule has 1 atom stereocenters. The Balaban J connectivity index is 1.50. The van der Waals surface area contributed by atoms with Crippen LogP contribution in [0, 0.1) is 0 Å². The molecule has 2 aromatic rings. The van der Waals surface area contributed by atoms with Crippen molar-refractivity contribution in [2.24, 2.45) is 0 Å². The summed E-state index contributed by atoms with van der Waals surface area (Å²) in [5.74, 6) is 0.584. The van der Waals surface area contributed by atoms with Crippen molar-refractivity contribution < 1.29 is 19.1 Å². The van der Waals surface area contributed by atoms with Gasteiger partial charge in [0.05, 0.1) is 13.2 Å². The molecule has 0 fully saturated rings. The summed E-state index contributed by atoms with van der Waals surface area (Å²) in [7, 11) is 0. The minimum Gasteiger partial charge on any atom is -0.494 e. The lowest BCUT2D eigenvalue weighted by atomic mass is 10.0. The molecule has 2 amide bonds. The molecule has 6 heteroatoms. The van der Waals surface area contributed by atoms with E-state index in [1.54, 1.807) is 24.3 Å². The van der Waals surface area contributed by atoms with Gasteiger partial charge in [0.15, 0.2) is 0 Å². The van der Waals surface area contributed by atoms with Crippen LogP contribution in [0.15, 0.2) is 48.5 Å². The van der Waals surface area contributed by atoms with E-state index in [4.69, 9.17) is 9.47 Å². The van der Waals surface area contributed by atoms with Gasteiger partial charge in [0, 0.05) is 11.3 Å². The predicted octanol–water partition coefficient (Wildman–Crippen LogP) is 2.32. The Morgan fingerprint density at radius 3 is 2.68 bits per heavy atom. The van der Waals surface area contributed by atoms with Crippen LogP contribution in [0.1, 0.15) is 18.4 Å². The minimum absolute atomic E-state index is 0.0925. The van der Waals surface area contributed by atoms with Gasteiger partial charge in [-0.1, -0.05) is 18.2 Å². The number of carbonyl (C=O) groups is 2. The summed E-state index contributed by atoms with van der Waals surface area (Å²) in [6.45, 7) is 2.70. The normalized spacial score (nSPS) is 15.0. The molecule has 0 saturated heterocycles. The summed E-state index contributed by atoms with van der Waals surface area (Å²) in [6.07, 6.45) is 0. The Morgan fingerprint density at radius 2 is 1.92 bits per heavy atom. The highest BCUT2D eigenvalue weighted by Gasteiger charge is 2.29. The molecule has 0 bridgehead atoms. The number of ether oxygens (including phenoxy) is 2. The molecule has 1 aliphatic rings. The summed E-state index contributed by atoms with van der Waals surface area (Å²) in [6, 6.07) is 14.5. The van der Waals surface area contributed by atoms with Crippen LogP contribution >= 0.6 is 0 Å². The van der Waals surface area contributed by atoms with Gasteiger partial charge < -0.3 is 20.1 Å². The van der Waals surface area contributed by atoms with Crippen molar-refractivity contribution in [3.63, 3.8) is 0 Å². The van der Waals surface area contributed by atoms with Gasteiger partial charge >= 0.3 is 0 Å². The molecule has 1 heterocycles. The molecule has 0 radical (unpaired) electrons. The fourth-order valence-corrected chi connectivity index (χ4v) is 2.68. The summed E-state index contributed by atoms with van der Waals surface area (Å²) in [5.41, 5.74) is 1.50. The number of fused-ring (bicyclic) bond motifs is 1. The van der Waals surface area contributed by atoms with Crippen LogP contribution in [0.2, 0.25) is 0 Å². The van der Waals surface area contributed by atoms with Gasteiger partial charge in [-0.2, -0.15) is 0 Å². The maximum atomic E-state index is 12.3. The molecule has 2 N–H and O–H groups in total. The van der Waals surface area contributed by atoms with E-state index in [1.165, 1.54) is 0 Å². The van der Waals surface area contributed by atoms with E-state index in [2.05, 4.69) is 10.6 Å². The standard InChI is InChI=1S/C19H20N2O4/c1-2-24-14-9-7-13(8-10-14)21-18(22)11-20-19(23)16-12-25-17-6-4-3-5-15(16)17/h3-10,16H,2,11-12H2,1H3,(H,20,23)(H,21,22). The molecule has 2 aromatic carbocycles. The van der Waals surface area contributed by atoms with E-state index < -0.39 is 0 Å². The smallest absolute Gasteiger partial charge is 0.243 e. The van der Waals surface area contributed by atoms with E-state index in [-0.39, 0.29) is 24.3 Å². The molecule has 0 aliphatic carbocycles. The average molecular weight is 340 g/mol. The second-order valence-corrected chi connectivity index (χ2v) is 5.62. The Hall–Kier alpha value is -3.02. The average Bonchev–Trinajstić information content (AvgIpc) is 3.06. The lowest BCUT2D eigenvalue weighted by Gasteiger charge is -2.11. The van der Waals surface area contributed by atoms with Gasteiger partial charge in [0.2, 0.25) is 11.8 Å². The topological polar surface area (TPSA) is 76.7 Å². The molecule has 3 rings (SSSR count). The van der Waals surface area contributed by atoms with Crippen LogP contribution in [0.5, 0.6) is 11.5 Å². The van der Waals surface area contributed by atoms with Crippen molar-refractivity contribution in [2.75, 3.05) is 25.1 Å². The summed E-state index contributed by atoms with van der Waals surface area (Å²) in [4.78, 5) is 24.3. The molecule has 25 heavy (non-hydrogen) atoms. The Bertz CT molecular complexity index is 758. The second-order valence-electron chi connectivity index (χ2n) is 5.62. The van der Waals surface area contributed by atoms with Crippen LogP contribution in [0.3, 0.4) is 0 Å². The predicted molar refractivity (Wildman–Crippen MR) is 93.9 cm³/mol. The van der Waals surface area contributed by atoms with E-state index in [0.29, 0.717) is 18.9 Å². The van der Waals surface area contributed by atoms with E-state index in [0.717, 1.165) is 17.1 Å². The highest BCUT2D eigenvalue weighted by Crippen LogP contribution is 2.33. The third kappa shape index (κ3) is 4.09. The molecule has 1 unspecified atom stereocenters. The summed E-state index contributed by atoms with van der Waals surface area (Å²) < 4.78 is 10.8. The van der Waals surface area contributed by atoms with Crippen molar-refractivity contribution in [3.05, 3.63) is 54.1 Å². The molecule has 1 aliphatic heterocycles. The molecular weight excluding hydrogens is 320 g/mol. The maximum Gasteiger partial charge on any atom is 0.243 e. The quantitative estimate of drug-likeness (QED) is 0.846. The highest BCUT2D eigenvalue weighted by atomic mass is 16.5. The van der Waals surface area contributed by atoms with Crippen molar-refractivity contribution in [1.29, 1.82) is 0 Å². The number of hydrogen-bond acceptors (Lipinski definition) is 4. The summed E-state index contributed by atoms with van der Waals surface area (Å²) in [5, 5.41) is 5.40. The van der Waals surface area contributed by atoms with Crippen molar-refractivity contribution in [2.45, 2.75) is 12.8 Å². The Kier molecular flexibility index (Phi) is 5.18. The first-order valence-electron chi connectivity index (χ1n) is 8.19. The number of rotatable bonds is 6. The van der Waals surface area contributed by atoms with E-state index in [1.807, 2.05) is 31.2 Å². The SMILES string of the molecule is CCOc1ccc(NC(=O)CNC(=O)C2COc3ccccc32)cc1. The first kappa shape index (κ1) is 16.8. The molecule has 0 spiro atoms. The van der Waals surface area contributed by atoms with Crippen molar-refractivity contribution in [1.82, 2.24) is 5.32 Å². The fraction of sp³-hybridized carbons (Fsp3) is 0.263. The zero-order valence-corrected chi connectivity index (χ0v) is 14.0. The van der Waals surface area contributed by atoms with Crippen molar-refractivity contribution >= 4 is 17.5 Å². The molecule has 130 valence electrons. The first-order chi connectivity index (χ1) is 12.2. The third-order valence-corrected chi connectivity index (χ3v) is 3.89. The van der Waals surface area contributed by atoms with E-state index >= 15 is 0 Å². The van der Waals surface area contributed by atoms with Crippen LogP contribution in [0.4, 0.5) is 5.69 Å². The van der Waals surface area contributed by atoms with Crippen LogP contribution < -0.4 is 20.1 Å². The van der Waals surface area contributed by atoms with Gasteiger partial charge in [-0.3, -0.25) is 9.59 Å². The maximum absolute atomic E-state index is 12.3. The number of hydrogen-bond donors (Lipinski definition) is 2. The third-order valence-electron chi connectivity index (χ3n) is 3.89. The lowest BCUT2D eigenvalue weighted by molar-refractivity contribution is -0.125. The van der Waals surface area contributed by atoms with Crippen LogP contribution in [-0.2, 0) is 9.59 Å². The number of carbonyl (C=O) groups excluding carboxylic acids is 2. The van der Waals surface area contributed by atoms with E-state index in [9.17, 15) is 9.59 Å². The number of benzene rings is 2. The van der Waals surface area contributed by atoms with Gasteiger partial charge in [-0.25, -0.2) is 0 Å². The number of anilines is 1. The number of nitrogens with one attached hydrogen (secondary N) is 2. The zero-order chi connectivity index (χ0) is 17.6. The van der Waals surface area contributed by atoms with Gasteiger partial charge in [0.1, 0.15) is 24.0 Å². The monoisotopic (exact) mass is 340 g/mol. The Labute approximate surface area is 146 Å². The largest absolute Gasteiger partial charge is 0.494 e. The minimum atomic E-state index is -0.380. The van der Waals surface area contributed by atoms with Gasteiger partial charge in [-0.15, -0.1) is 0 Å². The number of para-hydroxylation sites is 1. The van der Waals surface area contributed by atoms with Crippen LogP contribution in [0.25, 0.3) is 0 Å². The molecular formula is C19H20N2O4. The Morgan fingerprint density at radius 1 is 1.16 bits per heavy atom. The lowest BCUT2D eigenvalue weighted by Crippen LogP contribution is -2.36. The fourth-order valence-electron chi connectivity index (χ4n) is 2.68. The number of amides is 2. The second kappa shape index (κ2) is 7.70. The highest BCUT2D eigenvalue weighted by molar-refractivity contribution is 5.95.